The van der Waals surface area contributed by atoms with E-state index in [1.54, 1.807) is 18.6 Å². The summed E-state index contributed by atoms with van der Waals surface area (Å²) in [5, 5.41) is 12.7. The molecule has 0 aliphatic heterocycles. The topological polar surface area (TPSA) is 55.6 Å². The van der Waals surface area contributed by atoms with Gasteiger partial charge in [0.05, 0.1) is 18.6 Å². The van der Waals surface area contributed by atoms with Crippen LogP contribution in [0.1, 0.15) is 0 Å². The molecule has 0 fully saturated rings. The molecule has 0 radical (unpaired) electrons. The Hall–Kier alpha value is -1.14. The van der Waals surface area contributed by atoms with E-state index in [-0.39, 0.29) is 12.4 Å². The summed E-state index contributed by atoms with van der Waals surface area (Å²) in [6.45, 7) is 0. The van der Waals surface area contributed by atoms with E-state index in [4.69, 9.17) is 0 Å². The quantitative estimate of drug-likeness (QED) is 0.821. The predicted octanol–water partition coefficient (Wildman–Crippen LogP) is 1.19. The fraction of sp³-hybridized carbons (Fsp3) is 0.167. The van der Waals surface area contributed by atoms with Crippen molar-refractivity contribution in [3.05, 3.63) is 18.6 Å². The molecule has 70 valence electrons. The first kappa shape index (κ1) is 9.94. The Morgan fingerprint density at radius 3 is 2.62 bits per heavy atom. The highest BCUT2D eigenvalue weighted by atomic mass is 35.5. The molecule has 0 aromatic carbocycles. The molecule has 5 nitrogen and oxygen atoms in total. The van der Waals surface area contributed by atoms with Gasteiger partial charge in [-0.2, -0.15) is 10.2 Å². The summed E-state index contributed by atoms with van der Waals surface area (Å²) < 4.78 is 0. The number of hydrogen-bond acceptors (Lipinski definition) is 5. The Balaban J connectivity index is 0.000000845. The van der Waals surface area contributed by atoms with Gasteiger partial charge in [-0.05, 0) is 0 Å². The van der Waals surface area contributed by atoms with Gasteiger partial charge < -0.3 is 5.32 Å². The van der Waals surface area contributed by atoms with Gasteiger partial charge in [0.2, 0.25) is 5.13 Å². The van der Waals surface area contributed by atoms with Crippen molar-refractivity contribution in [1.29, 1.82) is 0 Å². The molecule has 2 aromatic rings. The van der Waals surface area contributed by atoms with Gasteiger partial charge in [-0.15, -0.1) is 17.2 Å². The molecule has 0 bridgehead atoms. The molecular weight excluding hydrogens is 210 g/mol. The molecular formula is C6H8ClN5S. The molecule has 0 saturated carbocycles. The first-order valence-corrected chi connectivity index (χ1v) is 4.22. The molecule has 0 atom stereocenters. The lowest BCUT2D eigenvalue weighted by molar-refractivity contribution is 0.745. The van der Waals surface area contributed by atoms with Crippen molar-refractivity contribution in [3.63, 3.8) is 0 Å². The molecule has 2 heterocycles. The van der Waals surface area contributed by atoms with Gasteiger partial charge >= 0.3 is 0 Å². The summed E-state index contributed by atoms with van der Waals surface area (Å²) in [7, 11) is 1.85. The standard InChI is InChI=1S/C6H7N5S.ClH/c1-7-5-4-8-6(12-5)11-9-2-3-10-11;/h2-4,7H,1H3;1H. The van der Waals surface area contributed by atoms with Gasteiger partial charge in [0.15, 0.2) is 0 Å². The van der Waals surface area contributed by atoms with Crippen LogP contribution >= 0.6 is 23.7 Å². The first-order chi connectivity index (χ1) is 5.90. The van der Waals surface area contributed by atoms with Crippen LogP contribution in [0.3, 0.4) is 0 Å². The number of thiazole rings is 1. The zero-order valence-corrected chi connectivity index (χ0v) is 8.47. The molecule has 1 N–H and O–H groups in total. The maximum atomic E-state index is 4.12. The van der Waals surface area contributed by atoms with Crippen molar-refractivity contribution in [3.8, 4) is 5.13 Å². The molecule has 0 unspecified atom stereocenters. The van der Waals surface area contributed by atoms with E-state index in [1.165, 1.54) is 16.1 Å². The Morgan fingerprint density at radius 2 is 2.08 bits per heavy atom. The smallest absolute Gasteiger partial charge is 0.231 e. The summed E-state index contributed by atoms with van der Waals surface area (Å²) in [5.74, 6) is 0. The molecule has 0 spiro atoms. The Bertz CT molecular complexity index is 357. The number of nitrogens with zero attached hydrogens (tertiary/aromatic N) is 4. The molecule has 0 saturated heterocycles. The highest BCUT2D eigenvalue weighted by Gasteiger charge is 2.02. The van der Waals surface area contributed by atoms with E-state index in [0.717, 1.165) is 10.1 Å². The fourth-order valence-corrected chi connectivity index (χ4v) is 1.47. The molecule has 0 amide bonds. The van der Waals surface area contributed by atoms with Crippen LogP contribution in [0.4, 0.5) is 5.00 Å². The average Bonchev–Trinajstić information content (AvgIpc) is 2.75. The maximum absolute atomic E-state index is 4.12. The van der Waals surface area contributed by atoms with Crippen LogP contribution in [0.25, 0.3) is 5.13 Å². The zero-order valence-electron chi connectivity index (χ0n) is 6.84. The van der Waals surface area contributed by atoms with Crippen molar-refractivity contribution >= 4 is 28.7 Å². The van der Waals surface area contributed by atoms with Crippen LogP contribution in [0.15, 0.2) is 18.6 Å². The highest BCUT2D eigenvalue weighted by molar-refractivity contribution is 7.17. The second-order valence-electron chi connectivity index (χ2n) is 2.08. The summed E-state index contributed by atoms with van der Waals surface area (Å²) >= 11 is 1.51. The van der Waals surface area contributed by atoms with Crippen LogP contribution in [-0.4, -0.2) is 27.0 Å². The Kier molecular flexibility index (Phi) is 3.21. The van der Waals surface area contributed by atoms with E-state index < -0.39 is 0 Å². The van der Waals surface area contributed by atoms with Gasteiger partial charge in [0.1, 0.15) is 5.00 Å². The zero-order chi connectivity index (χ0) is 8.39. The number of halogens is 1. The van der Waals surface area contributed by atoms with E-state index >= 15 is 0 Å². The maximum Gasteiger partial charge on any atom is 0.231 e. The largest absolute Gasteiger partial charge is 0.379 e. The van der Waals surface area contributed by atoms with Gasteiger partial charge in [-0.3, -0.25) is 0 Å². The monoisotopic (exact) mass is 217 g/mol. The van der Waals surface area contributed by atoms with Crippen molar-refractivity contribution in [2.75, 3.05) is 12.4 Å². The molecule has 0 aliphatic rings. The lowest BCUT2D eigenvalue weighted by Gasteiger charge is -1.89. The van der Waals surface area contributed by atoms with E-state index in [2.05, 4.69) is 20.5 Å². The lowest BCUT2D eigenvalue weighted by atomic mass is 10.8. The first-order valence-electron chi connectivity index (χ1n) is 3.40. The minimum absolute atomic E-state index is 0. The SMILES string of the molecule is CNc1cnc(-n2nccn2)s1.Cl. The van der Waals surface area contributed by atoms with E-state index in [1.807, 2.05) is 7.05 Å². The summed E-state index contributed by atoms with van der Waals surface area (Å²) in [6, 6.07) is 0. The minimum atomic E-state index is 0. The van der Waals surface area contributed by atoms with Crippen molar-refractivity contribution in [2.24, 2.45) is 0 Å². The van der Waals surface area contributed by atoms with Crippen molar-refractivity contribution in [1.82, 2.24) is 20.0 Å². The van der Waals surface area contributed by atoms with E-state index in [9.17, 15) is 0 Å². The summed E-state index contributed by atoms with van der Waals surface area (Å²) in [4.78, 5) is 5.62. The second kappa shape index (κ2) is 4.20. The molecule has 0 aliphatic carbocycles. The average molecular weight is 218 g/mol. The van der Waals surface area contributed by atoms with Gasteiger partial charge in [-0.25, -0.2) is 4.98 Å². The van der Waals surface area contributed by atoms with Crippen LogP contribution in [0, 0.1) is 0 Å². The number of hydrogen-bond donors (Lipinski definition) is 1. The third kappa shape index (κ3) is 1.96. The summed E-state index contributed by atoms with van der Waals surface area (Å²) in [6.07, 6.45) is 5.00. The summed E-state index contributed by atoms with van der Waals surface area (Å²) in [5.41, 5.74) is 0. The minimum Gasteiger partial charge on any atom is -0.379 e. The normalized spacial score (nSPS) is 9.31. The Labute approximate surface area is 85.2 Å². The number of rotatable bonds is 2. The number of aromatic nitrogens is 4. The predicted molar refractivity (Wildman–Crippen MR) is 53.8 cm³/mol. The van der Waals surface area contributed by atoms with Crippen molar-refractivity contribution in [2.45, 2.75) is 0 Å². The van der Waals surface area contributed by atoms with Crippen LogP contribution in [0.5, 0.6) is 0 Å². The van der Waals surface area contributed by atoms with Crippen LogP contribution in [0.2, 0.25) is 0 Å². The molecule has 2 rings (SSSR count). The van der Waals surface area contributed by atoms with Crippen LogP contribution in [-0.2, 0) is 0 Å². The van der Waals surface area contributed by atoms with Gasteiger partial charge in [-0.1, -0.05) is 11.3 Å². The van der Waals surface area contributed by atoms with E-state index in [0.29, 0.717) is 0 Å². The lowest BCUT2D eigenvalue weighted by Crippen LogP contribution is -1.96. The Morgan fingerprint density at radius 1 is 1.38 bits per heavy atom. The third-order valence-electron chi connectivity index (χ3n) is 1.33. The fourth-order valence-electron chi connectivity index (χ4n) is 0.787. The van der Waals surface area contributed by atoms with Gasteiger partial charge in [0.25, 0.3) is 0 Å². The molecule has 13 heavy (non-hydrogen) atoms. The number of nitrogens with one attached hydrogen (secondary N) is 1. The second-order valence-corrected chi connectivity index (χ2v) is 3.08. The molecule has 7 heteroatoms. The van der Waals surface area contributed by atoms with Gasteiger partial charge in [0, 0.05) is 7.05 Å². The van der Waals surface area contributed by atoms with Crippen molar-refractivity contribution < 1.29 is 0 Å². The van der Waals surface area contributed by atoms with Crippen LogP contribution < -0.4 is 5.32 Å². The highest BCUT2D eigenvalue weighted by Crippen LogP contribution is 2.19. The molecule has 2 aromatic heterocycles. The third-order valence-corrected chi connectivity index (χ3v) is 2.31. The number of anilines is 1.